The zero-order chi connectivity index (χ0) is 14.0. The Morgan fingerprint density at radius 2 is 2.00 bits per heavy atom. The number of nitrogens with one attached hydrogen (secondary N) is 2. The van der Waals surface area contributed by atoms with E-state index in [1.807, 2.05) is 6.07 Å². The van der Waals surface area contributed by atoms with Crippen LogP contribution in [0.5, 0.6) is 0 Å². The Morgan fingerprint density at radius 3 is 2.75 bits per heavy atom. The number of benzene rings is 1. The van der Waals surface area contributed by atoms with Crippen molar-refractivity contribution in [3.8, 4) is 0 Å². The van der Waals surface area contributed by atoms with Crippen molar-refractivity contribution < 1.29 is 8.42 Å². The van der Waals surface area contributed by atoms with Crippen molar-refractivity contribution in [2.24, 2.45) is 0 Å². The van der Waals surface area contributed by atoms with Crippen molar-refractivity contribution in [2.45, 2.75) is 37.1 Å². The Labute approximate surface area is 118 Å². The molecule has 1 aromatic carbocycles. The van der Waals surface area contributed by atoms with Crippen LogP contribution in [0, 0.1) is 0 Å². The first kappa shape index (κ1) is 13.3. The number of fused-ring (bicyclic) bond motifs is 1. The molecule has 0 spiro atoms. The molecule has 20 heavy (non-hydrogen) atoms. The third-order valence-electron chi connectivity index (χ3n) is 3.61. The lowest BCUT2D eigenvalue weighted by atomic mass is 9.92. The van der Waals surface area contributed by atoms with E-state index in [0.717, 1.165) is 24.8 Å². The van der Waals surface area contributed by atoms with Gasteiger partial charge in [0.1, 0.15) is 5.82 Å². The zero-order valence-corrected chi connectivity index (χ0v) is 11.9. The van der Waals surface area contributed by atoms with Crippen LogP contribution in [0.4, 0.5) is 0 Å². The van der Waals surface area contributed by atoms with Crippen molar-refractivity contribution in [2.75, 3.05) is 0 Å². The molecule has 5 nitrogen and oxygen atoms in total. The third kappa shape index (κ3) is 2.76. The molecule has 1 aliphatic rings. The molecular formula is C14H17N3O2S. The van der Waals surface area contributed by atoms with Gasteiger partial charge in [-0.2, -0.15) is 0 Å². The minimum atomic E-state index is -3.48. The SMILES string of the molecule is O=S(=O)(NCc1ncc[nH]1)c1ccc2c(c1)CCCC2. The first-order chi connectivity index (χ1) is 9.65. The zero-order valence-electron chi connectivity index (χ0n) is 11.1. The number of H-pyrrole nitrogens is 1. The molecule has 1 aliphatic carbocycles. The van der Waals surface area contributed by atoms with E-state index in [1.165, 1.54) is 12.0 Å². The van der Waals surface area contributed by atoms with Crippen LogP contribution in [-0.2, 0) is 29.4 Å². The number of nitrogens with zero attached hydrogens (tertiary/aromatic N) is 1. The average molecular weight is 291 g/mol. The van der Waals surface area contributed by atoms with E-state index in [-0.39, 0.29) is 6.54 Å². The molecule has 3 rings (SSSR count). The minimum Gasteiger partial charge on any atom is -0.347 e. The van der Waals surface area contributed by atoms with Crippen molar-refractivity contribution >= 4 is 10.0 Å². The highest BCUT2D eigenvalue weighted by molar-refractivity contribution is 7.89. The maximum absolute atomic E-state index is 12.3. The summed E-state index contributed by atoms with van der Waals surface area (Å²) in [6.07, 6.45) is 7.61. The van der Waals surface area contributed by atoms with Crippen LogP contribution >= 0.6 is 0 Å². The number of imidazole rings is 1. The summed E-state index contributed by atoms with van der Waals surface area (Å²) in [6.45, 7) is 0.173. The molecule has 106 valence electrons. The number of rotatable bonds is 4. The van der Waals surface area contributed by atoms with Gasteiger partial charge >= 0.3 is 0 Å². The lowest BCUT2D eigenvalue weighted by Crippen LogP contribution is -2.24. The van der Waals surface area contributed by atoms with Crippen molar-refractivity contribution in [3.63, 3.8) is 0 Å². The molecule has 0 saturated carbocycles. The van der Waals surface area contributed by atoms with Gasteiger partial charge in [0, 0.05) is 12.4 Å². The van der Waals surface area contributed by atoms with Crippen LogP contribution in [0.25, 0.3) is 0 Å². The van der Waals surface area contributed by atoms with Crippen molar-refractivity contribution in [1.82, 2.24) is 14.7 Å². The fourth-order valence-electron chi connectivity index (χ4n) is 2.52. The summed E-state index contributed by atoms with van der Waals surface area (Å²) in [7, 11) is -3.48. The van der Waals surface area contributed by atoms with Gasteiger partial charge in [-0.3, -0.25) is 0 Å². The van der Waals surface area contributed by atoms with Gasteiger partial charge in [0.05, 0.1) is 11.4 Å². The molecule has 0 fully saturated rings. The van der Waals surface area contributed by atoms with Crippen LogP contribution in [0.3, 0.4) is 0 Å². The lowest BCUT2D eigenvalue weighted by molar-refractivity contribution is 0.579. The fourth-order valence-corrected chi connectivity index (χ4v) is 3.56. The highest BCUT2D eigenvalue weighted by Crippen LogP contribution is 2.24. The number of aromatic amines is 1. The molecule has 0 saturated heterocycles. The van der Waals surface area contributed by atoms with Crippen molar-refractivity contribution in [3.05, 3.63) is 47.5 Å². The number of aryl methyl sites for hydroxylation is 2. The average Bonchev–Trinajstić information content (AvgIpc) is 2.98. The Morgan fingerprint density at radius 1 is 1.20 bits per heavy atom. The van der Waals surface area contributed by atoms with E-state index in [2.05, 4.69) is 14.7 Å². The summed E-state index contributed by atoms with van der Waals surface area (Å²) in [5.41, 5.74) is 2.44. The summed E-state index contributed by atoms with van der Waals surface area (Å²) < 4.78 is 27.1. The molecule has 1 heterocycles. The van der Waals surface area contributed by atoms with Gasteiger partial charge in [0.2, 0.25) is 10.0 Å². The van der Waals surface area contributed by atoms with E-state index < -0.39 is 10.0 Å². The second-order valence-electron chi connectivity index (χ2n) is 5.00. The molecule has 0 amide bonds. The Hall–Kier alpha value is -1.66. The van der Waals surface area contributed by atoms with Gasteiger partial charge in [0.15, 0.2) is 0 Å². The predicted octanol–water partition coefficient (Wildman–Crippen LogP) is 1.77. The smallest absolute Gasteiger partial charge is 0.240 e. The molecule has 0 unspecified atom stereocenters. The third-order valence-corrected chi connectivity index (χ3v) is 5.01. The van der Waals surface area contributed by atoms with Gasteiger partial charge in [-0.15, -0.1) is 0 Å². The molecule has 2 N–H and O–H groups in total. The van der Waals surface area contributed by atoms with Gasteiger partial charge in [-0.25, -0.2) is 18.1 Å². The number of hydrogen-bond donors (Lipinski definition) is 2. The second-order valence-corrected chi connectivity index (χ2v) is 6.76. The van der Waals surface area contributed by atoms with E-state index in [1.54, 1.807) is 24.5 Å². The summed E-state index contributed by atoms with van der Waals surface area (Å²) >= 11 is 0. The summed E-state index contributed by atoms with van der Waals surface area (Å²) in [5.74, 6) is 0.603. The number of aromatic nitrogens is 2. The maximum Gasteiger partial charge on any atom is 0.240 e. The number of sulfonamides is 1. The highest BCUT2D eigenvalue weighted by Gasteiger charge is 2.17. The number of hydrogen-bond acceptors (Lipinski definition) is 3. The molecular weight excluding hydrogens is 274 g/mol. The van der Waals surface area contributed by atoms with Gasteiger partial charge < -0.3 is 4.98 Å². The van der Waals surface area contributed by atoms with E-state index >= 15 is 0 Å². The quantitative estimate of drug-likeness (QED) is 0.901. The molecule has 0 atom stereocenters. The van der Waals surface area contributed by atoms with Crippen molar-refractivity contribution in [1.29, 1.82) is 0 Å². The molecule has 0 radical (unpaired) electrons. The van der Waals surface area contributed by atoms with Gasteiger partial charge in [-0.1, -0.05) is 6.07 Å². The molecule has 2 aromatic rings. The molecule has 6 heteroatoms. The first-order valence-electron chi connectivity index (χ1n) is 6.75. The van der Waals surface area contributed by atoms with E-state index in [0.29, 0.717) is 10.7 Å². The van der Waals surface area contributed by atoms with E-state index in [4.69, 9.17) is 0 Å². The maximum atomic E-state index is 12.3. The first-order valence-corrected chi connectivity index (χ1v) is 8.23. The lowest BCUT2D eigenvalue weighted by Gasteiger charge is -2.16. The van der Waals surface area contributed by atoms with Crippen LogP contribution in [0.1, 0.15) is 29.8 Å². The fraction of sp³-hybridized carbons (Fsp3) is 0.357. The van der Waals surface area contributed by atoms with Crippen LogP contribution in [0.15, 0.2) is 35.5 Å². The van der Waals surface area contributed by atoms with Gasteiger partial charge in [-0.05, 0) is 48.9 Å². The molecule has 0 bridgehead atoms. The Kier molecular flexibility index (Phi) is 3.58. The van der Waals surface area contributed by atoms with Crippen LogP contribution < -0.4 is 4.72 Å². The molecule has 0 aliphatic heterocycles. The highest BCUT2D eigenvalue weighted by atomic mass is 32.2. The van der Waals surface area contributed by atoms with Crippen LogP contribution in [0.2, 0.25) is 0 Å². The summed E-state index contributed by atoms with van der Waals surface area (Å²) in [5, 5.41) is 0. The van der Waals surface area contributed by atoms with Crippen LogP contribution in [-0.4, -0.2) is 18.4 Å². The van der Waals surface area contributed by atoms with E-state index in [9.17, 15) is 8.42 Å². The normalized spacial score (nSPS) is 15.0. The predicted molar refractivity (Wildman–Crippen MR) is 75.7 cm³/mol. The largest absolute Gasteiger partial charge is 0.347 e. The second kappa shape index (κ2) is 5.38. The summed E-state index contributed by atoms with van der Waals surface area (Å²) in [6, 6.07) is 5.43. The minimum absolute atomic E-state index is 0.173. The molecule has 1 aromatic heterocycles. The summed E-state index contributed by atoms with van der Waals surface area (Å²) in [4.78, 5) is 7.21. The Balaban J connectivity index is 1.80. The Bertz CT molecular complexity index is 693. The monoisotopic (exact) mass is 291 g/mol. The van der Waals surface area contributed by atoms with Gasteiger partial charge in [0.25, 0.3) is 0 Å². The topological polar surface area (TPSA) is 74.8 Å². The standard InChI is InChI=1S/C14H17N3O2S/c18-20(19,17-10-14-15-7-8-16-14)13-6-5-11-3-1-2-4-12(11)9-13/h5-9,17H,1-4,10H2,(H,15,16).